The first-order valence-corrected chi connectivity index (χ1v) is 10.1. The first kappa shape index (κ1) is 18.9. The summed E-state index contributed by atoms with van der Waals surface area (Å²) < 4.78 is 1.72. The average molecular weight is 401 g/mol. The predicted octanol–water partition coefficient (Wildman–Crippen LogP) is 4.52. The monoisotopic (exact) mass is 401 g/mol. The van der Waals surface area contributed by atoms with Crippen LogP contribution in [0.1, 0.15) is 21.5 Å². The molecular weight excluding hydrogens is 382 g/mol. The lowest BCUT2D eigenvalue weighted by atomic mass is 10.1. The number of rotatable bonds is 6. The Kier molecular flexibility index (Phi) is 5.67. The van der Waals surface area contributed by atoms with Gasteiger partial charge in [-0.25, -0.2) is 0 Å². The molecule has 0 aliphatic heterocycles. The normalized spacial score (nSPS) is 10.7. The Balaban J connectivity index is 1.39. The molecular formula is C22H19N5OS. The first-order chi connectivity index (χ1) is 14.2. The Morgan fingerprint density at radius 3 is 2.55 bits per heavy atom. The number of amides is 1. The second kappa shape index (κ2) is 8.70. The number of benzene rings is 3. The molecule has 0 radical (unpaired) electrons. The number of para-hydroxylation sites is 1. The van der Waals surface area contributed by atoms with E-state index in [9.17, 15) is 4.79 Å². The van der Waals surface area contributed by atoms with Crippen molar-refractivity contribution in [1.82, 2.24) is 20.2 Å². The molecule has 0 saturated heterocycles. The Hall–Kier alpha value is -3.45. The lowest BCUT2D eigenvalue weighted by molar-refractivity contribution is 0.102. The Morgan fingerprint density at radius 2 is 1.79 bits per heavy atom. The van der Waals surface area contributed by atoms with E-state index in [-0.39, 0.29) is 5.91 Å². The van der Waals surface area contributed by atoms with Gasteiger partial charge in [-0.2, -0.15) is 4.68 Å². The number of thioether (sulfide) groups is 1. The van der Waals surface area contributed by atoms with Crippen LogP contribution in [-0.4, -0.2) is 26.1 Å². The van der Waals surface area contributed by atoms with Crippen LogP contribution in [-0.2, 0) is 5.75 Å². The number of carbonyl (C=O) groups is 1. The fourth-order valence-corrected chi connectivity index (χ4v) is 3.67. The van der Waals surface area contributed by atoms with Gasteiger partial charge in [-0.3, -0.25) is 4.79 Å². The molecule has 29 heavy (non-hydrogen) atoms. The number of aromatic nitrogens is 4. The second-order valence-corrected chi connectivity index (χ2v) is 7.46. The van der Waals surface area contributed by atoms with Crippen molar-refractivity contribution in [1.29, 1.82) is 0 Å². The van der Waals surface area contributed by atoms with Crippen molar-refractivity contribution in [2.24, 2.45) is 0 Å². The molecule has 6 nitrogen and oxygen atoms in total. The third-order valence-electron chi connectivity index (χ3n) is 4.30. The summed E-state index contributed by atoms with van der Waals surface area (Å²) in [5.41, 5.74) is 4.53. The number of tetrazole rings is 1. The van der Waals surface area contributed by atoms with E-state index >= 15 is 0 Å². The summed E-state index contributed by atoms with van der Waals surface area (Å²) in [6.07, 6.45) is 0. The Bertz CT molecular complexity index is 1110. The zero-order valence-electron chi connectivity index (χ0n) is 15.8. The van der Waals surface area contributed by atoms with Crippen LogP contribution < -0.4 is 5.32 Å². The highest BCUT2D eigenvalue weighted by Gasteiger charge is 2.10. The molecule has 7 heteroatoms. The van der Waals surface area contributed by atoms with Crippen LogP contribution in [0.3, 0.4) is 0 Å². The van der Waals surface area contributed by atoms with Gasteiger partial charge in [-0.15, -0.1) is 5.10 Å². The van der Waals surface area contributed by atoms with Crippen molar-refractivity contribution in [3.05, 3.63) is 95.6 Å². The summed E-state index contributed by atoms with van der Waals surface area (Å²) in [5.74, 6) is 0.579. The van der Waals surface area contributed by atoms with Crippen LogP contribution in [0, 0.1) is 6.92 Å². The SMILES string of the molecule is Cc1cccc(NC(=O)c2ccc(CSc3nnnn3-c3ccccc3)cc2)c1. The third-order valence-corrected chi connectivity index (χ3v) is 5.29. The summed E-state index contributed by atoms with van der Waals surface area (Å²) >= 11 is 1.55. The number of carbonyl (C=O) groups excluding carboxylic acids is 1. The van der Waals surface area contributed by atoms with E-state index in [1.54, 1.807) is 16.4 Å². The largest absolute Gasteiger partial charge is 0.322 e. The quantitative estimate of drug-likeness (QED) is 0.481. The van der Waals surface area contributed by atoms with Gasteiger partial charge in [0, 0.05) is 17.0 Å². The molecule has 0 aliphatic carbocycles. The summed E-state index contributed by atoms with van der Waals surface area (Å²) in [6.45, 7) is 2.00. The predicted molar refractivity (Wildman–Crippen MR) is 114 cm³/mol. The minimum Gasteiger partial charge on any atom is -0.322 e. The van der Waals surface area contributed by atoms with Gasteiger partial charge in [0.2, 0.25) is 5.16 Å². The minimum atomic E-state index is -0.122. The Labute approximate surface area is 173 Å². The fourth-order valence-electron chi connectivity index (χ4n) is 2.83. The van der Waals surface area contributed by atoms with E-state index in [1.807, 2.05) is 85.8 Å². The van der Waals surface area contributed by atoms with Gasteiger partial charge in [0.05, 0.1) is 5.69 Å². The topological polar surface area (TPSA) is 72.7 Å². The van der Waals surface area contributed by atoms with Gasteiger partial charge in [0.15, 0.2) is 0 Å². The Morgan fingerprint density at radius 1 is 1.00 bits per heavy atom. The molecule has 0 saturated carbocycles. The highest BCUT2D eigenvalue weighted by atomic mass is 32.2. The number of nitrogens with one attached hydrogen (secondary N) is 1. The van der Waals surface area contributed by atoms with Gasteiger partial charge < -0.3 is 5.32 Å². The second-order valence-electron chi connectivity index (χ2n) is 6.52. The average Bonchev–Trinajstić information content (AvgIpc) is 3.22. The molecule has 1 heterocycles. The zero-order chi connectivity index (χ0) is 20.1. The number of nitrogens with zero attached hydrogens (tertiary/aromatic N) is 4. The van der Waals surface area contributed by atoms with Crippen LogP contribution in [0.25, 0.3) is 5.69 Å². The van der Waals surface area contributed by atoms with E-state index in [2.05, 4.69) is 20.8 Å². The molecule has 3 aromatic carbocycles. The van der Waals surface area contributed by atoms with Crippen LogP contribution in [0.2, 0.25) is 0 Å². The third kappa shape index (κ3) is 4.70. The van der Waals surface area contributed by atoms with Crippen molar-refractivity contribution in [2.75, 3.05) is 5.32 Å². The van der Waals surface area contributed by atoms with Crippen molar-refractivity contribution in [3.8, 4) is 5.69 Å². The van der Waals surface area contributed by atoms with Crippen molar-refractivity contribution < 1.29 is 4.79 Å². The fraction of sp³-hybridized carbons (Fsp3) is 0.0909. The van der Waals surface area contributed by atoms with Gasteiger partial charge >= 0.3 is 0 Å². The van der Waals surface area contributed by atoms with E-state index in [1.165, 1.54) is 0 Å². The molecule has 0 unspecified atom stereocenters. The molecule has 4 rings (SSSR count). The summed E-state index contributed by atoms with van der Waals surface area (Å²) in [4.78, 5) is 12.4. The smallest absolute Gasteiger partial charge is 0.255 e. The lowest BCUT2D eigenvalue weighted by Crippen LogP contribution is -2.11. The van der Waals surface area contributed by atoms with E-state index in [0.717, 1.165) is 27.7 Å². The molecule has 1 amide bonds. The minimum absolute atomic E-state index is 0.122. The highest BCUT2D eigenvalue weighted by Crippen LogP contribution is 2.22. The number of hydrogen-bond donors (Lipinski definition) is 1. The van der Waals surface area contributed by atoms with Crippen LogP contribution >= 0.6 is 11.8 Å². The van der Waals surface area contributed by atoms with Crippen LogP contribution in [0.5, 0.6) is 0 Å². The number of hydrogen-bond acceptors (Lipinski definition) is 5. The standard InChI is InChI=1S/C22H19N5OS/c1-16-6-5-7-19(14-16)23-21(28)18-12-10-17(11-13-18)15-29-22-24-25-26-27(22)20-8-3-2-4-9-20/h2-14H,15H2,1H3,(H,23,28). The van der Waals surface area contributed by atoms with Crippen molar-refractivity contribution in [3.63, 3.8) is 0 Å². The molecule has 0 aliphatic rings. The van der Waals surface area contributed by atoms with Crippen LogP contribution in [0.4, 0.5) is 5.69 Å². The molecule has 1 N–H and O–H groups in total. The van der Waals surface area contributed by atoms with Crippen LogP contribution in [0.15, 0.2) is 84.0 Å². The number of anilines is 1. The maximum atomic E-state index is 12.4. The molecule has 0 fully saturated rings. The van der Waals surface area contributed by atoms with E-state index in [0.29, 0.717) is 11.3 Å². The van der Waals surface area contributed by atoms with E-state index < -0.39 is 0 Å². The molecule has 1 aromatic heterocycles. The zero-order valence-corrected chi connectivity index (χ0v) is 16.6. The van der Waals surface area contributed by atoms with Gasteiger partial charge in [0.25, 0.3) is 5.91 Å². The highest BCUT2D eigenvalue weighted by molar-refractivity contribution is 7.98. The van der Waals surface area contributed by atoms with E-state index in [4.69, 9.17) is 0 Å². The molecule has 144 valence electrons. The van der Waals surface area contributed by atoms with Crippen molar-refractivity contribution >= 4 is 23.4 Å². The maximum absolute atomic E-state index is 12.4. The summed E-state index contributed by atoms with van der Waals surface area (Å²) in [7, 11) is 0. The molecule has 4 aromatic rings. The van der Waals surface area contributed by atoms with Crippen molar-refractivity contribution in [2.45, 2.75) is 17.8 Å². The summed E-state index contributed by atoms with van der Waals surface area (Å²) in [6, 6.07) is 25.1. The molecule has 0 bridgehead atoms. The maximum Gasteiger partial charge on any atom is 0.255 e. The molecule has 0 spiro atoms. The lowest BCUT2D eigenvalue weighted by Gasteiger charge is -2.07. The van der Waals surface area contributed by atoms with Gasteiger partial charge in [0.1, 0.15) is 0 Å². The van der Waals surface area contributed by atoms with Gasteiger partial charge in [-0.1, -0.05) is 54.2 Å². The summed E-state index contributed by atoms with van der Waals surface area (Å²) in [5, 5.41) is 15.6. The first-order valence-electron chi connectivity index (χ1n) is 9.12. The molecule has 0 atom stereocenters. The van der Waals surface area contributed by atoms with Gasteiger partial charge in [-0.05, 0) is 64.9 Å². The number of aryl methyl sites for hydroxylation is 1.